The highest BCUT2D eigenvalue weighted by Gasteiger charge is 2.00. The van der Waals surface area contributed by atoms with Crippen molar-refractivity contribution in [3.05, 3.63) is 23.8 Å². The summed E-state index contributed by atoms with van der Waals surface area (Å²) >= 11 is 0. The summed E-state index contributed by atoms with van der Waals surface area (Å²) in [6.07, 6.45) is 4.73. The Morgan fingerprint density at radius 1 is 1.31 bits per heavy atom. The molecule has 1 rings (SSSR count). The number of rotatable bonds is 7. The van der Waals surface area contributed by atoms with Crippen LogP contribution < -0.4 is 5.32 Å². The number of methoxy groups -OCH3 is 1. The van der Waals surface area contributed by atoms with Crippen molar-refractivity contribution in [2.45, 2.75) is 26.8 Å². The van der Waals surface area contributed by atoms with Crippen LogP contribution in [0.5, 0.6) is 0 Å². The first-order valence-corrected chi connectivity index (χ1v) is 5.72. The van der Waals surface area contributed by atoms with Gasteiger partial charge in [0, 0.05) is 44.6 Å². The van der Waals surface area contributed by atoms with E-state index in [1.165, 1.54) is 0 Å². The third-order valence-electron chi connectivity index (χ3n) is 2.16. The van der Waals surface area contributed by atoms with Crippen LogP contribution >= 0.6 is 0 Å². The van der Waals surface area contributed by atoms with E-state index in [0.717, 1.165) is 37.5 Å². The molecule has 0 aromatic carbocycles. The lowest BCUT2D eigenvalue weighted by Crippen LogP contribution is -2.18. The number of nitrogens with zero attached hydrogens (tertiary/aromatic N) is 2. The van der Waals surface area contributed by atoms with Crippen LogP contribution in [0.3, 0.4) is 0 Å². The Kier molecular flexibility index (Phi) is 5.96. The van der Waals surface area contributed by atoms with E-state index in [2.05, 4.69) is 29.1 Å². The minimum absolute atomic E-state index is 0.602. The smallest absolute Gasteiger partial charge is 0.128 e. The van der Waals surface area contributed by atoms with Crippen molar-refractivity contribution in [2.75, 3.05) is 20.3 Å². The lowest BCUT2D eigenvalue weighted by molar-refractivity contribution is 0.199. The van der Waals surface area contributed by atoms with Crippen molar-refractivity contribution >= 4 is 0 Å². The van der Waals surface area contributed by atoms with E-state index in [1.54, 1.807) is 7.11 Å². The molecule has 0 spiro atoms. The summed E-state index contributed by atoms with van der Waals surface area (Å²) in [6, 6.07) is 0. The van der Waals surface area contributed by atoms with Gasteiger partial charge in [0.2, 0.25) is 0 Å². The van der Waals surface area contributed by atoms with Crippen LogP contribution in [0, 0.1) is 5.92 Å². The molecule has 0 aliphatic carbocycles. The summed E-state index contributed by atoms with van der Waals surface area (Å²) < 4.78 is 4.95. The van der Waals surface area contributed by atoms with E-state index in [1.807, 2.05) is 12.4 Å². The molecular formula is C12H21N3O. The highest BCUT2D eigenvalue weighted by molar-refractivity contribution is 5.05. The fraction of sp³-hybridized carbons (Fsp3) is 0.667. The molecule has 0 amide bonds. The molecule has 0 atom stereocenters. The maximum Gasteiger partial charge on any atom is 0.128 e. The molecule has 1 heterocycles. The molecule has 4 nitrogen and oxygen atoms in total. The molecule has 16 heavy (non-hydrogen) atoms. The number of hydrogen-bond acceptors (Lipinski definition) is 4. The third-order valence-corrected chi connectivity index (χ3v) is 2.16. The molecule has 0 bridgehead atoms. The molecule has 0 aliphatic heterocycles. The maximum atomic E-state index is 4.95. The van der Waals surface area contributed by atoms with Crippen LogP contribution in [0.1, 0.15) is 25.2 Å². The predicted octanol–water partition coefficient (Wildman–Crippen LogP) is 1.41. The Morgan fingerprint density at radius 2 is 2.00 bits per heavy atom. The largest absolute Gasteiger partial charge is 0.383 e. The average molecular weight is 223 g/mol. The SMILES string of the molecule is COCCNCc1cnc(CC(C)C)nc1. The molecule has 90 valence electrons. The number of aromatic nitrogens is 2. The van der Waals surface area contributed by atoms with Gasteiger partial charge in [-0.25, -0.2) is 9.97 Å². The van der Waals surface area contributed by atoms with E-state index in [-0.39, 0.29) is 0 Å². The van der Waals surface area contributed by atoms with Gasteiger partial charge in [-0.1, -0.05) is 13.8 Å². The van der Waals surface area contributed by atoms with Crippen molar-refractivity contribution in [1.82, 2.24) is 15.3 Å². The van der Waals surface area contributed by atoms with Gasteiger partial charge in [0.15, 0.2) is 0 Å². The van der Waals surface area contributed by atoms with Crippen LogP contribution in [0.15, 0.2) is 12.4 Å². The van der Waals surface area contributed by atoms with Gasteiger partial charge in [-0.05, 0) is 5.92 Å². The zero-order valence-electron chi connectivity index (χ0n) is 10.4. The second kappa shape index (κ2) is 7.30. The molecule has 0 aliphatic rings. The molecule has 1 aromatic rings. The van der Waals surface area contributed by atoms with Gasteiger partial charge in [-0.2, -0.15) is 0 Å². The number of hydrogen-bond donors (Lipinski definition) is 1. The van der Waals surface area contributed by atoms with Gasteiger partial charge in [0.05, 0.1) is 6.61 Å². The fourth-order valence-electron chi connectivity index (χ4n) is 1.35. The summed E-state index contributed by atoms with van der Waals surface area (Å²) in [5.74, 6) is 1.53. The van der Waals surface area contributed by atoms with Crippen molar-refractivity contribution < 1.29 is 4.74 Å². The Labute approximate surface area is 97.5 Å². The zero-order chi connectivity index (χ0) is 11.8. The first-order valence-electron chi connectivity index (χ1n) is 5.72. The normalized spacial score (nSPS) is 11.0. The quantitative estimate of drug-likeness (QED) is 0.710. The molecule has 0 unspecified atom stereocenters. The Bertz CT molecular complexity index is 285. The lowest BCUT2D eigenvalue weighted by Gasteiger charge is -2.05. The van der Waals surface area contributed by atoms with E-state index in [4.69, 9.17) is 4.74 Å². The van der Waals surface area contributed by atoms with Crippen LogP contribution in [-0.2, 0) is 17.7 Å². The fourth-order valence-corrected chi connectivity index (χ4v) is 1.35. The second-order valence-corrected chi connectivity index (χ2v) is 4.28. The van der Waals surface area contributed by atoms with E-state index < -0.39 is 0 Å². The van der Waals surface area contributed by atoms with E-state index in [9.17, 15) is 0 Å². The summed E-state index contributed by atoms with van der Waals surface area (Å²) in [5.41, 5.74) is 1.11. The van der Waals surface area contributed by atoms with Crippen molar-refractivity contribution in [3.8, 4) is 0 Å². The molecule has 1 aromatic heterocycles. The average Bonchev–Trinajstić information content (AvgIpc) is 2.26. The second-order valence-electron chi connectivity index (χ2n) is 4.28. The van der Waals surface area contributed by atoms with Crippen LogP contribution in [0.4, 0.5) is 0 Å². The molecule has 0 fully saturated rings. The van der Waals surface area contributed by atoms with Crippen LogP contribution in [-0.4, -0.2) is 30.2 Å². The molecule has 1 N–H and O–H groups in total. The Balaban J connectivity index is 2.33. The van der Waals surface area contributed by atoms with Gasteiger partial charge >= 0.3 is 0 Å². The molecule has 0 saturated carbocycles. The van der Waals surface area contributed by atoms with Gasteiger partial charge in [-0.15, -0.1) is 0 Å². The predicted molar refractivity (Wildman–Crippen MR) is 64.2 cm³/mol. The zero-order valence-corrected chi connectivity index (χ0v) is 10.4. The highest BCUT2D eigenvalue weighted by Crippen LogP contribution is 2.02. The standard InChI is InChI=1S/C12H21N3O/c1-10(2)6-12-14-8-11(9-15-12)7-13-4-5-16-3/h8-10,13H,4-7H2,1-3H3. The monoisotopic (exact) mass is 223 g/mol. The third kappa shape index (κ3) is 5.19. The molecule has 0 radical (unpaired) electrons. The summed E-state index contributed by atoms with van der Waals surface area (Å²) in [4.78, 5) is 8.67. The van der Waals surface area contributed by atoms with Crippen molar-refractivity contribution in [3.63, 3.8) is 0 Å². The summed E-state index contributed by atoms with van der Waals surface area (Å²) in [6.45, 7) is 6.72. The lowest BCUT2D eigenvalue weighted by atomic mass is 10.1. The first-order chi connectivity index (χ1) is 7.72. The molecule has 4 heteroatoms. The topological polar surface area (TPSA) is 47.0 Å². The molecule has 0 saturated heterocycles. The highest BCUT2D eigenvalue weighted by atomic mass is 16.5. The first kappa shape index (κ1) is 13.1. The van der Waals surface area contributed by atoms with Gasteiger partial charge < -0.3 is 10.1 Å². The van der Waals surface area contributed by atoms with Crippen molar-refractivity contribution in [2.24, 2.45) is 5.92 Å². The van der Waals surface area contributed by atoms with Gasteiger partial charge in [-0.3, -0.25) is 0 Å². The maximum absolute atomic E-state index is 4.95. The summed E-state index contributed by atoms with van der Waals surface area (Å²) in [7, 11) is 1.70. The number of nitrogens with one attached hydrogen (secondary N) is 1. The Hall–Kier alpha value is -1.00. The van der Waals surface area contributed by atoms with E-state index >= 15 is 0 Å². The minimum atomic E-state index is 0.602. The van der Waals surface area contributed by atoms with E-state index in [0.29, 0.717) is 5.92 Å². The Morgan fingerprint density at radius 3 is 2.56 bits per heavy atom. The van der Waals surface area contributed by atoms with Crippen LogP contribution in [0.25, 0.3) is 0 Å². The summed E-state index contributed by atoms with van der Waals surface area (Å²) in [5, 5.41) is 3.26. The van der Waals surface area contributed by atoms with Crippen LogP contribution in [0.2, 0.25) is 0 Å². The minimum Gasteiger partial charge on any atom is -0.383 e. The molecular weight excluding hydrogens is 202 g/mol. The van der Waals surface area contributed by atoms with Gasteiger partial charge in [0.25, 0.3) is 0 Å². The van der Waals surface area contributed by atoms with Gasteiger partial charge in [0.1, 0.15) is 5.82 Å². The number of ether oxygens (including phenoxy) is 1. The van der Waals surface area contributed by atoms with Crippen molar-refractivity contribution in [1.29, 1.82) is 0 Å².